The largest absolute Gasteiger partial charge is 0.462 e. The second kappa shape index (κ2) is 41.6. The zero-order chi connectivity index (χ0) is 38.9. The molecule has 6 nitrogen and oxygen atoms in total. The standard InChI is InChI=1S/C47H90O6/c1-5-7-9-11-13-14-15-16-17-18-19-20-21-22-23-27-30-34-38-45(48)51-41-44(53-47(50)40-36-32-25-12-10-8-6-2)42-52-46(49)39-35-31-28-24-26-29-33-37-43(3)4/h43-44H,5-42H2,1-4H3/t44-/m0/s1. The molecule has 0 unspecified atom stereocenters. The molecule has 0 saturated carbocycles. The lowest BCUT2D eigenvalue weighted by molar-refractivity contribution is -0.167. The van der Waals surface area contributed by atoms with E-state index in [4.69, 9.17) is 14.2 Å². The van der Waals surface area contributed by atoms with Gasteiger partial charge in [-0.15, -0.1) is 0 Å². The zero-order valence-corrected chi connectivity index (χ0v) is 36.0. The molecule has 0 aromatic rings. The molecule has 0 spiro atoms. The highest BCUT2D eigenvalue weighted by atomic mass is 16.6. The van der Waals surface area contributed by atoms with Gasteiger partial charge >= 0.3 is 17.9 Å². The van der Waals surface area contributed by atoms with Crippen molar-refractivity contribution < 1.29 is 28.6 Å². The summed E-state index contributed by atoms with van der Waals surface area (Å²) in [6.45, 7) is 8.91. The molecule has 0 N–H and O–H groups in total. The summed E-state index contributed by atoms with van der Waals surface area (Å²) in [5.41, 5.74) is 0. The maximum atomic E-state index is 12.6. The lowest BCUT2D eigenvalue weighted by Crippen LogP contribution is -2.30. The Labute approximate surface area is 329 Å². The first-order chi connectivity index (χ1) is 25.9. The maximum absolute atomic E-state index is 12.6. The van der Waals surface area contributed by atoms with Gasteiger partial charge in [-0.25, -0.2) is 0 Å². The van der Waals surface area contributed by atoms with E-state index < -0.39 is 6.10 Å². The topological polar surface area (TPSA) is 78.9 Å². The Morgan fingerprint density at radius 3 is 0.925 bits per heavy atom. The molecule has 0 aromatic carbocycles. The minimum atomic E-state index is -0.758. The van der Waals surface area contributed by atoms with Crippen LogP contribution in [0.3, 0.4) is 0 Å². The molecule has 0 aliphatic carbocycles. The Bertz CT molecular complexity index is 796. The van der Waals surface area contributed by atoms with Crippen molar-refractivity contribution in [2.45, 2.75) is 265 Å². The van der Waals surface area contributed by atoms with Crippen LogP contribution in [-0.2, 0) is 28.6 Å². The van der Waals surface area contributed by atoms with Gasteiger partial charge in [-0.05, 0) is 25.2 Å². The predicted molar refractivity (Wildman–Crippen MR) is 224 cm³/mol. The third kappa shape index (κ3) is 41.4. The van der Waals surface area contributed by atoms with Gasteiger partial charge in [0.25, 0.3) is 0 Å². The first-order valence-corrected chi connectivity index (χ1v) is 23.4. The fourth-order valence-corrected chi connectivity index (χ4v) is 6.98. The van der Waals surface area contributed by atoms with E-state index in [0.29, 0.717) is 19.3 Å². The molecule has 0 saturated heterocycles. The Hall–Kier alpha value is -1.59. The highest BCUT2D eigenvalue weighted by Gasteiger charge is 2.19. The Morgan fingerprint density at radius 1 is 0.358 bits per heavy atom. The van der Waals surface area contributed by atoms with Gasteiger partial charge in [0.05, 0.1) is 0 Å². The van der Waals surface area contributed by atoms with Gasteiger partial charge in [0.1, 0.15) is 13.2 Å². The van der Waals surface area contributed by atoms with Crippen LogP contribution in [0.4, 0.5) is 0 Å². The maximum Gasteiger partial charge on any atom is 0.306 e. The van der Waals surface area contributed by atoms with Crippen LogP contribution < -0.4 is 0 Å². The summed E-state index contributed by atoms with van der Waals surface area (Å²) < 4.78 is 16.7. The minimum absolute atomic E-state index is 0.0648. The van der Waals surface area contributed by atoms with Gasteiger partial charge < -0.3 is 14.2 Å². The molecule has 53 heavy (non-hydrogen) atoms. The number of esters is 3. The fourth-order valence-electron chi connectivity index (χ4n) is 6.98. The van der Waals surface area contributed by atoms with Gasteiger partial charge in [-0.3, -0.25) is 14.4 Å². The monoisotopic (exact) mass is 751 g/mol. The summed E-state index contributed by atoms with van der Waals surface area (Å²) in [5.74, 6) is -0.0810. The van der Waals surface area contributed by atoms with E-state index in [2.05, 4.69) is 27.7 Å². The molecule has 0 aliphatic heterocycles. The van der Waals surface area contributed by atoms with Crippen molar-refractivity contribution in [3.05, 3.63) is 0 Å². The third-order valence-electron chi connectivity index (χ3n) is 10.5. The zero-order valence-electron chi connectivity index (χ0n) is 36.0. The SMILES string of the molecule is CCCCCCCCCCCCCCCCCCCCC(=O)OC[C@@H](COC(=O)CCCCCCCCCC(C)C)OC(=O)CCCCCCCCC. The van der Waals surface area contributed by atoms with E-state index in [1.54, 1.807) is 0 Å². The summed E-state index contributed by atoms with van der Waals surface area (Å²) in [6.07, 6.45) is 41.1. The van der Waals surface area contributed by atoms with Crippen molar-refractivity contribution >= 4 is 17.9 Å². The number of ether oxygens (including phenoxy) is 3. The molecule has 0 aromatic heterocycles. The van der Waals surface area contributed by atoms with Gasteiger partial charge in [0.15, 0.2) is 6.10 Å². The number of carbonyl (C=O) groups excluding carboxylic acids is 3. The van der Waals surface area contributed by atoms with Crippen molar-refractivity contribution in [1.82, 2.24) is 0 Å². The minimum Gasteiger partial charge on any atom is -0.462 e. The molecule has 0 fully saturated rings. The van der Waals surface area contributed by atoms with E-state index in [0.717, 1.165) is 63.7 Å². The van der Waals surface area contributed by atoms with Gasteiger partial charge in [-0.1, -0.05) is 220 Å². The molecular weight excluding hydrogens is 661 g/mol. The first kappa shape index (κ1) is 51.4. The van der Waals surface area contributed by atoms with Crippen LogP contribution in [0.25, 0.3) is 0 Å². The van der Waals surface area contributed by atoms with Crippen molar-refractivity contribution in [2.24, 2.45) is 5.92 Å². The highest BCUT2D eigenvalue weighted by molar-refractivity contribution is 5.71. The van der Waals surface area contributed by atoms with Gasteiger partial charge in [0, 0.05) is 19.3 Å². The number of rotatable bonds is 42. The van der Waals surface area contributed by atoms with Crippen LogP contribution in [-0.4, -0.2) is 37.2 Å². The van der Waals surface area contributed by atoms with E-state index in [-0.39, 0.29) is 31.1 Å². The summed E-state index contributed by atoms with van der Waals surface area (Å²) >= 11 is 0. The molecule has 6 heteroatoms. The molecule has 314 valence electrons. The van der Waals surface area contributed by atoms with Crippen molar-refractivity contribution in [1.29, 1.82) is 0 Å². The van der Waals surface area contributed by atoms with E-state index in [9.17, 15) is 14.4 Å². The summed E-state index contributed by atoms with van der Waals surface area (Å²) in [6, 6.07) is 0. The van der Waals surface area contributed by atoms with Crippen molar-refractivity contribution in [3.8, 4) is 0 Å². The van der Waals surface area contributed by atoms with Crippen LogP contribution in [0.15, 0.2) is 0 Å². The molecule has 1 atom stereocenters. The Balaban J connectivity index is 4.15. The number of hydrogen-bond donors (Lipinski definition) is 0. The lowest BCUT2D eigenvalue weighted by atomic mass is 10.0. The van der Waals surface area contributed by atoms with Crippen LogP contribution >= 0.6 is 0 Å². The van der Waals surface area contributed by atoms with Gasteiger partial charge in [0.2, 0.25) is 0 Å². The van der Waals surface area contributed by atoms with E-state index in [1.807, 2.05) is 0 Å². The number of carbonyl (C=O) groups is 3. The number of hydrogen-bond acceptors (Lipinski definition) is 6. The fraction of sp³-hybridized carbons (Fsp3) is 0.936. The second-order valence-corrected chi connectivity index (χ2v) is 16.5. The number of unbranched alkanes of at least 4 members (excludes halogenated alkanes) is 29. The predicted octanol–water partition coefficient (Wildman–Crippen LogP) is 14.7. The molecule has 0 radical (unpaired) electrons. The first-order valence-electron chi connectivity index (χ1n) is 23.4. The van der Waals surface area contributed by atoms with Crippen LogP contribution in [0, 0.1) is 5.92 Å². The summed E-state index contributed by atoms with van der Waals surface area (Å²) in [7, 11) is 0. The average Bonchev–Trinajstić information content (AvgIpc) is 3.14. The molecule has 0 bridgehead atoms. The normalized spacial score (nSPS) is 11.9. The average molecular weight is 751 g/mol. The second-order valence-electron chi connectivity index (χ2n) is 16.5. The quantitative estimate of drug-likeness (QED) is 0.0351. The van der Waals surface area contributed by atoms with Crippen molar-refractivity contribution in [2.75, 3.05) is 13.2 Å². The lowest BCUT2D eigenvalue weighted by Gasteiger charge is -2.18. The highest BCUT2D eigenvalue weighted by Crippen LogP contribution is 2.16. The molecule has 0 heterocycles. The smallest absolute Gasteiger partial charge is 0.306 e. The summed E-state index contributed by atoms with van der Waals surface area (Å²) in [4.78, 5) is 37.6. The Morgan fingerprint density at radius 2 is 0.623 bits per heavy atom. The van der Waals surface area contributed by atoms with Gasteiger partial charge in [-0.2, -0.15) is 0 Å². The molecule has 0 amide bonds. The molecule has 0 aliphatic rings. The van der Waals surface area contributed by atoms with E-state index in [1.165, 1.54) is 154 Å². The van der Waals surface area contributed by atoms with Crippen LogP contribution in [0.1, 0.15) is 259 Å². The van der Waals surface area contributed by atoms with Crippen molar-refractivity contribution in [3.63, 3.8) is 0 Å². The molecular formula is C47H90O6. The summed E-state index contributed by atoms with van der Waals surface area (Å²) in [5, 5.41) is 0. The van der Waals surface area contributed by atoms with Crippen LogP contribution in [0.5, 0.6) is 0 Å². The molecule has 0 rings (SSSR count). The third-order valence-corrected chi connectivity index (χ3v) is 10.5. The van der Waals surface area contributed by atoms with E-state index >= 15 is 0 Å². The Kier molecular flexibility index (Phi) is 40.3. The van der Waals surface area contributed by atoms with Crippen LogP contribution in [0.2, 0.25) is 0 Å².